The first kappa shape index (κ1) is 25.4. The third-order valence-electron chi connectivity index (χ3n) is 8.59. The summed E-state index contributed by atoms with van der Waals surface area (Å²) in [5.74, 6) is 0.0746. The lowest BCUT2D eigenvalue weighted by atomic mass is 9.93. The highest BCUT2D eigenvalue weighted by atomic mass is 32.2. The largest absolute Gasteiger partial charge is 0.386 e. The van der Waals surface area contributed by atoms with E-state index in [1.165, 1.54) is 31.7 Å². The van der Waals surface area contributed by atoms with Crippen LogP contribution in [0.15, 0.2) is 36.5 Å². The Bertz CT molecular complexity index is 1330. The highest BCUT2D eigenvalue weighted by molar-refractivity contribution is 7.86. The van der Waals surface area contributed by atoms with E-state index in [1.807, 2.05) is 25.1 Å². The molecule has 3 aromatic rings. The molecule has 1 aromatic carbocycles. The van der Waals surface area contributed by atoms with Gasteiger partial charge in [0.2, 0.25) is 0 Å². The van der Waals surface area contributed by atoms with Gasteiger partial charge in [0.15, 0.2) is 0 Å². The summed E-state index contributed by atoms with van der Waals surface area (Å²) in [4.78, 5) is 6.87. The summed E-state index contributed by atoms with van der Waals surface area (Å²) >= 11 is 0. The Kier molecular flexibility index (Phi) is 6.94. The molecule has 0 amide bonds. The van der Waals surface area contributed by atoms with Crippen LogP contribution in [0.2, 0.25) is 0 Å². The number of rotatable bonds is 8. The Morgan fingerprint density at radius 1 is 1.11 bits per heavy atom. The molecule has 2 aromatic heterocycles. The average Bonchev–Trinajstić information content (AvgIpc) is 3.31. The molecule has 2 unspecified atom stereocenters. The van der Waals surface area contributed by atoms with Crippen LogP contribution in [0.1, 0.15) is 70.1 Å². The van der Waals surface area contributed by atoms with Crippen LogP contribution < -0.4 is 9.62 Å². The van der Waals surface area contributed by atoms with Crippen molar-refractivity contribution in [3.63, 3.8) is 0 Å². The Hall–Kier alpha value is -2.85. The van der Waals surface area contributed by atoms with Crippen molar-refractivity contribution in [2.45, 2.75) is 64.4 Å². The Morgan fingerprint density at radius 3 is 2.58 bits per heavy atom. The standard InChI is InChI=1S/C28H35FN6O2S/c1-2-38(37)32-20-7-10-24(25(17-20)34-15-13-28(11-12-28)14-16-34)35-18-23(31-33-35)22-9-8-21(29)26(30-22)27(36)19-5-3-4-6-19/h7-10,17-19,27,32,36H,2-6,11-16H2,1H3. The minimum absolute atomic E-state index is 0.0407. The lowest BCUT2D eigenvalue weighted by Gasteiger charge is -2.35. The molecule has 2 N–H and O–H groups in total. The van der Waals surface area contributed by atoms with Gasteiger partial charge in [-0.1, -0.05) is 25.0 Å². The van der Waals surface area contributed by atoms with Crippen LogP contribution in [-0.2, 0) is 11.0 Å². The van der Waals surface area contributed by atoms with E-state index in [0.29, 0.717) is 22.6 Å². The van der Waals surface area contributed by atoms with Crippen molar-refractivity contribution in [1.29, 1.82) is 0 Å². The van der Waals surface area contributed by atoms with Gasteiger partial charge in [-0.25, -0.2) is 18.3 Å². The maximum Gasteiger partial charge on any atom is 0.147 e. The third-order valence-corrected chi connectivity index (χ3v) is 9.58. The molecule has 8 nitrogen and oxygen atoms in total. The number of hydrogen-bond donors (Lipinski definition) is 2. The number of benzene rings is 1. The summed E-state index contributed by atoms with van der Waals surface area (Å²) in [7, 11) is -1.14. The molecule has 1 saturated heterocycles. The number of halogens is 1. The van der Waals surface area contributed by atoms with Gasteiger partial charge in [0.05, 0.1) is 23.3 Å². The quantitative estimate of drug-likeness (QED) is 0.411. The molecule has 2 saturated carbocycles. The number of piperidine rings is 1. The van der Waals surface area contributed by atoms with Crippen LogP contribution in [0, 0.1) is 17.2 Å². The number of hydrogen-bond acceptors (Lipinski definition) is 6. The molecule has 6 rings (SSSR count). The van der Waals surface area contributed by atoms with Crippen LogP contribution in [0.3, 0.4) is 0 Å². The number of aromatic nitrogens is 4. The number of nitrogens with zero attached hydrogens (tertiary/aromatic N) is 5. The Labute approximate surface area is 225 Å². The predicted molar refractivity (Wildman–Crippen MR) is 147 cm³/mol. The number of aliphatic hydroxyl groups excluding tert-OH is 1. The maximum atomic E-state index is 14.6. The summed E-state index contributed by atoms with van der Waals surface area (Å²) in [6.45, 7) is 3.82. The van der Waals surface area contributed by atoms with Crippen LogP contribution in [-0.4, -0.2) is 48.1 Å². The summed E-state index contributed by atoms with van der Waals surface area (Å²) in [5.41, 5.74) is 4.33. The van der Waals surface area contributed by atoms with Crippen LogP contribution in [0.25, 0.3) is 17.1 Å². The zero-order valence-electron chi connectivity index (χ0n) is 21.8. The number of pyridine rings is 1. The molecule has 1 aliphatic heterocycles. The van der Waals surface area contributed by atoms with E-state index in [9.17, 15) is 13.7 Å². The highest BCUT2D eigenvalue weighted by Gasteiger charge is 2.44. The van der Waals surface area contributed by atoms with Gasteiger partial charge < -0.3 is 14.7 Å². The zero-order chi connectivity index (χ0) is 26.3. The summed E-state index contributed by atoms with van der Waals surface area (Å²) < 4.78 is 31.6. The van der Waals surface area contributed by atoms with Gasteiger partial charge in [0.25, 0.3) is 0 Å². The summed E-state index contributed by atoms with van der Waals surface area (Å²) in [6.07, 6.45) is 9.80. The van der Waals surface area contributed by atoms with Gasteiger partial charge in [0.1, 0.15) is 34.3 Å². The molecule has 202 valence electrons. The van der Waals surface area contributed by atoms with E-state index in [4.69, 9.17) is 0 Å². The fourth-order valence-electron chi connectivity index (χ4n) is 5.94. The minimum Gasteiger partial charge on any atom is -0.386 e. The predicted octanol–water partition coefficient (Wildman–Crippen LogP) is 5.17. The molecule has 38 heavy (non-hydrogen) atoms. The average molecular weight is 539 g/mol. The van der Waals surface area contributed by atoms with Crippen molar-refractivity contribution in [2.24, 2.45) is 11.3 Å². The third kappa shape index (κ3) is 5.08. The first-order valence-electron chi connectivity index (χ1n) is 13.8. The Morgan fingerprint density at radius 2 is 1.87 bits per heavy atom. The van der Waals surface area contributed by atoms with Crippen molar-refractivity contribution in [1.82, 2.24) is 20.0 Å². The molecule has 3 fully saturated rings. The molecule has 2 aliphatic carbocycles. The topological polar surface area (TPSA) is 96.2 Å². The van der Waals surface area contributed by atoms with Crippen molar-refractivity contribution in [3.8, 4) is 17.1 Å². The first-order valence-corrected chi connectivity index (χ1v) is 15.1. The van der Waals surface area contributed by atoms with Crippen molar-refractivity contribution >= 4 is 22.4 Å². The molecular formula is C28H35FN6O2S. The SMILES string of the molecule is CCS(=O)Nc1ccc(-n2cc(-c3ccc(F)c(C(O)C4CCCC4)n3)nn2)c(N2CCC3(CC2)CC3)c1. The molecular weight excluding hydrogens is 503 g/mol. The molecule has 0 bridgehead atoms. The van der Waals surface area contributed by atoms with Gasteiger partial charge in [-0.15, -0.1) is 5.10 Å². The molecule has 1 spiro atoms. The second-order valence-electron chi connectivity index (χ2n) is 11.0. The van der Waals surface area contributed by atoms with E-state index in [2.05, 4.69) is 24.9 Å². The molecule has 2 atom stereocenters. The van der Waals surface area contributed by atoms with Crippen LogP contribution in [0.4, 0.5) is 15.8 Å². The van der Waals surface area contributed by atoms with E-state index in [1.54, 1.807) is 16.9 Å². The van der Waals surface area contributed by atoms with Gasteiger partial charge in [0, 0.05) is 24.5 Å². The van der Waals surface area contributed by atoms with Crippen LogP contribution >= 0.6 is 0 Å². The minimum atomic E-state index is -1.14. The number of anilines is 2. The van der Waals surface area contributed by atoms with Crippen LogP contribution in [0.5, 0.6) is 0 Å². The summed E-state index contributed by atoms with van der Waals surface area (Å²) in [5, 5.41) is 19.6. The normalized spacial score (nSPS) is 20.6. The smallest absolute Gasteiger partial charge is 0.147 e. The fraction of sp³-hybridized carbons (Fsp3) is 0.536. The van der Waals surface area contributed by atoms with Crippen molar-refractivity contribution in [3.05, 3.63) is 48.0 Å². The molecule has 3 aliphatic rings. The van der Waals surface area contributed by atoms with E-state index >= 15 is 0 Å². The number of aliphatic hydroxyl groups is 1. The lowest BCUT2D eigenvalue weighted by Crippen LogP contribution is -2.35. The number of nitrogens with one attached hydrogen (secondary N) is 1. The van der Waals surface area contributed by atoms with E-state index in [0.717, 1.165) is 55.8 Å². The summed E-state index contributed by atoms with van der Waals surface area (Å²) in [6, 6.07) is 8.86. The molecule has 0 radical (unpaired) electrons. The van der Waals surface area contributed by atoms with Crippen molar-refractivity contribution < 1.29 is 13.7 Å². The molecule has 10 heteroatoms. The highest BCUT2D eigenvalue weighted by Crippen LogP contribution is 2.54. The van der Waals surface area contributed by atoms with E-state index < -0.39 is 22.9 Å². The van der Waals surface area contributed by atoms with E-state index in [-0.39, 0.29) is 11.6 Å². The second-order valence-corrected chi connectivity index (χ2v) is 12.5. The van der Waals surface area contributed by atoms with Gasteiger partial charge in [-0.2, -0.15) is 0 Å². The molecule has 3 heterocycles. The van der Waals surface area contributed by atoms with Gasteiger partial charge in [-0.05, 0) is 80.2 Å². The fourth-order valence-corrected chi connectivity index (χ4v) is 6.47. The second kappa shape index (κ2) is 10.4. The first-order chi connectivity index (χ1) is 18.4. The Balaban J connectivity index is 1.31. The lowest BCUT2D eigenvalue weighted by molar-refractivity contribution is 0.103. The van der Waals surface area contributed by atoms with Crippen molar-refractivity contribution in [2.75, 3.05) is 28.5 Å². The van der Waals surface area contributed by atoms with Gasteiger partial charge >= 0.3 is 0 Å². The monoisotopic (exact) mass is 538 g/mol. The maximum absolute atomic E-state index is 14.6. The zero-order valence-corrected chi connectivity index (χ0v) is 22.6. The van der Waals surface area contributed by atoms with Gasteiger partial charge in [-0.3, -0.25) is 0 Å².